The highest BCUT2D eigenvalue weighted by molar-refractivity contribution is 6.33. The highest BCUT2D eigenvalue weighted by atomic mass is 35.5. The molecule has 1 atom stereocenters. The Kier molecular flexibility index (Phi) is 5.14. The Hall–Kier alpha value is -1.94. The number of aromatic nitrogens is 1. The SMILES string of the molecule is CCC(Nc1nccc(-c2ccc(OC)cc2Cl)c1N)C1CCC1. The van der Waals surface area contributed by atoms with Gasteiger partial charge >= 0.3 is 0 Å². The van der Waals surface area contributed by atoms with Crippen LogP contribution in [0.25, 0.3) is 11.1 Å². The topological polar surface area (TPSA) is 60.2 Å². The molecule has 1 fully saturated rings. The molecule has 0 bridgehead atoms. The highest BCUT2D eigenvalue weighted by Crippen LogP contribution is 2.38. The maximum absolute atomic E-state index is 6.41. The van der Waals surface area contributed by atoms with Gasteiger partial charge < -0.3 is 15.8 Å². The van der Waals surface area contributed by atoms with Gasteiger partial charge in [-0.1, -0.05) is 24.9 Å². The first-order valence-corrected chi connectivity index (χ1v) is 8.86. The number of methoxy groups -OCH3 is 1. The number of rotatable bonds is 6. The Labute approximate surface area is 148 Å². The van der Waals surface area contributed by atoms with Crippen molar-refractivity contribution in [3.8, 4) is 16.9 Å². The first-order valence-electron chi connectivity index (χ1n) is 8.49. The second-order valence-electron chi connectivity index (χ2n) is 6.32. The minimum absolute atomic E-state index is 0.426. The summed E-state index contributed by atoms with van der Waals surface area (Å²) >= 11 is 6.41. The number of ether oxygens (including phenoxy) is 1. The van der Waals surface area contributed by atoms with Crippen LogP contribution in [0.3, 0.4) is 0 Å². The third-order valence-electron chi connectivity index (χ3n) is 4.94. The molecule has 3 rings (SSSR count). The molecular weight excluding hydrogens is 322 g/mol. The van der Waals surface area contributed by atoms with E-state index < -0.39 is 0 Å². The van der Waals surface area contributed by atoms with Gasteiger partial charge in [0.25, 0.3) is 0 Å². The normalized spacial score (nSPS) is 15.6. The van der Waals surface area contributed by atoms with Crippen LogP contribution in [-0.2, 0) is 0 Å². The standard InChI is InChI=1S/C19H24ClN3O/c1-3-17(12-5-4-6-12)23-19-18(21)15(9-10-22-19)14-8-7-13(24-2)11-16(14)20/h7-12,17H,3-6,21H2,1-2H3,(H,22,23). The largest absolute Gasteiger partial charge is 0.497 e. The van der Waals surface area contributed by atoms with Crippen LogP contribution in [0.15, 0.2) is 30.5 Å². The van der Waals surface area contributed by atoms with Gasteiger partial charge in [0.1, 0.15) is 11.6 Å². The lowest BCUT2D eigenvalue weighted by molar-refractivity contribution is 0.270. The molecule has 1 aliphatic carbocycles. The number of nitrogens with one attached hydrogen (secondary N) is 1. The summed E-state index contributed by atoms with van der Waals surface area (Å²) in [5.41, 5.74) is 8.82. The van der Waals surface area contributed by atoms with E-state index in [1.165, 1.54) is 19.3 Å². The Morgan fingerprint density at radius 2 is 2.12 bits per heavy atom. The van der Waals surface area contributed by atoms with E-state index in [0.717, 1.165) is 35.0 Å². The van der Waals surface area contributed by atoms with Crippen molar-refractivity contribution in [2.75, 3.05) is 18.2 Å². The molecular formula is C19H24ClN3O. The van der Waals surface area contributed by atoms with Crippen molar-refractivity contribution in [2.24, 2.45) is 5.92 Å². The summed E-state index contributed by atoms with van der Waals surface area (Å²) in [4.78, 5) is 4.45. The summed E-state index contributed by atoms with van der Waals surface area (Å²) in [7, 11) is 1.62. The second-order valence-corrected chi connectivity index (χ2v) is 6.72. The van der Waals surface area contributed by atoms with Crippen molar-refractivity contribution < 1.29 is 4.74 Å². The Bertz CT molecular complexity index is 716. The maximum Gasteiger partial charge on any atom is 0.150 e. The van der Waals surface area contributed by atoms with Crippen LogP contribution < -0.4 is 15.8 Å². The van der Waals surface area contributed by atoms with Crippen LogP contribution >= 0.6 is 11.6 Å². The Morgan fingerprint density at radius 1 is 1.33 bits per heavy atom. The van der Waals surface area contributed by atoms with Gasteiger partial charge in [-0.3, -0.25) is 0 Å². The van der Waals surface area contributed by atoms with E-state index >= 15 is 0 Å². The minimum Gasteiger partial charge on any atom is -0.497 e. The molecule has 0 amide bonds. The molecule has 1 aromatic heterocycles. The van der Waals surface area contributed by atoms with Crippen LogP contribution in [0.2, 0.25) is 5.02 Å². The molecule has 5 heteroatoms. The molecule has 2 aromatic rings. The van der Waals surface area contributed by atoms with Crippen LogP contribution in [0.5, 0.6) is 5.75 Å². The molecule has 1 aliphatic rings. The summed E-state index contributed by atoms with van der Waals surface area (Å²) < 4.78 is 5.21. The van der Waals surface area contributed by atoms with Gasteiger partial charge in [-0.25, -0.2) is 4.98 Å². The average molecular weight is 346 g/mol. The van der Waals surface area contributed by atoms with E-state index in [9.17, 15) is 0 Å². The smallest absolute Gasteiger partial charge is 0.150 e. The molecule has 128 valence electrons. The lowest BCUT2D eigenvalue weighted by Crippen LogP contribution is -2.33. The number of hydrogen-bond donors (Lipinski definition) is 2. The number of hydrogen-bond acceptors (Lipinski definition) is 4. The van der Waals surface area contributed by atoms with Crippen LogP contribution in [-0.4, -0.2) is 18.1 Å². The number of benzene rings is 1. The Balaban J connectivity index is 1.90. The van der Waals surface area contributed by atoms with Crippen molar-refractivity contribution in [1.82, 2.24) is 4.98 Å². The molecule has 4 nitrogen and oxygen atoms in total. The molecule has 0 radical (unpaired) electrons. The molecule has 0 spiro atoms. The van der Waals surface area contributed by atoms with Crippen molar-refractivity contribution in [2.45, 2.75) is 38.6 Å². The number of anilines is 2. The lowest BCUT2D eigenvalue weighted by Gasteiger charge is -2.34. The minimum atomic E-state index is 0.426. The molecule has 0 saturated heterocycles. The van der Waals surface area contributed by atoms with Crippen molar-refractivity contribution in [3.63, 3.8) is 0 Å². The van der Waals surface area contributed by atoms with Gasteiger partial charge in [-0.15, -0.1) is 0 Å². The van der Waals surface area contributed by atoms with E-state index in [4.69, 9.17) is 22.1 Å². The Morgan fingerprint density at radius 3 is 2.71 bits per heavy atom. The molecule has 1 saturated carbocycles. The predicted octanol–water partition coefficient (Wildman–Crippen LogP) is 4.98. The summed E-state index contributed by atoms with van der Waals surface area (Å²) in [6.45, 7) is 2.20. The van der Waals surface area contributed by atoms with Gasteiger partial charge in [-0.05, 0) is 49.4 Å². The average Bonchev–Trinajstić information content (AvgIpc) is 2.54. The number of nitrogens with zero attached hydrogens (tertiary/aromatic N) is 1. The van der Waals surface area contributed by atoms with Crippen molar-refractivity contribution in [1.29, 1.82) is 0 Å². The van der Waals surface area contributed by atoms with E-state index in [1.54, 1.807) is 19.4 Å². The number of pyridine rings is 1. The van der Waals surface area contributed by atoms with E-state index in [1.807, 2.05) is 18.2 Å². The van der Waals surface area contributed by atoms with Crippen LogP contribution in [0.1, 0.15) is 32.6 Å². The first-order chi connectivity index (χ1) is 11.6. The van der Waals surface area contributed by atoms with E-state index in [-0.39, 0.29) is 0 Å². The summed E-state index contributed by atoms with van der Waals surface area (Å²) in [5, 5.41) is 4.16. The van der Waals surface area contributed by atoms with Gasteiger partial charge in [0, 0.05) is 23.4 Å². The van der Waals surface area contributed by atoms with E-state index in [2.05, 4.69) is 17.2 Å². The predicted molar refractivity (Wildman–Crippen MR) is 101 cm³/mol. The third-order valence-corrected chi connectivity index (χ3v) is 5.25. The molecule has 3 N–H and O–H groups in total. The maximum atomic E-state index is 6.41. The van der Waals surface area contributed by atoms with Crippen molar-refractivity contribution >= 4 is 23.1 Å². The van der Waals surface area contributed by atoms with Crippen LogP contribution in [0.4, 0.5) is 11.5 Å². The number of halogens is 1. The second kappa shape index (κ2) is 7.31. The molecule has 24 heavy (non-hydrogen) atoms. The zero-order valence-corrected chi connectivity index (χ0v) is 14.9. The molecule has 1 unspecified atom stereocenters. The van der Waals surface area contributed by atoms with Crippen molar-refractivity contribution in [3.05, 3.63) is 35.5 Å². The summed E-state index contributed by atoms with van der Waals surface area (Å²) in [5.74, 6) is 2.20. The van der Waals surface area contributed by atoms with E-state index in [0.29, 0.717) is 16.8 Å². The lowest BCUT2D eigenvalue weighted by atomic mass is 9.79. The fourth-order valence-corrected chi connectivity index (χ4v) is 3.51. The van der Waals surface area contributed by atoms with Gasteiger partial charge in [0.15, 0.2) is 0 Å². The van der Waals surface area contributed by atoms with Crippen LogP contribution in [0, 0.1) is 5.92 Å². The zero-order valence-electron chi connectivity index (χ0n) is 14.2. The molecule has 0 aliphatic heterocycles. The number of nitrogen functional groups attached to an aromatic ring is 1. The van der Waals surface area contributed by atoms with Gasteiger partial charge in [0.2, 0.25) is 0 Å². The quantitative estimate of drug-likeness (QED) is 0.774. The summed E-state index contributed by atoms with van der Waals surface area (Å²) in [6.07, 6.45) is 6.75. The zero-order chi connectivity index (χ0) is 17.1. The molecule has 1 heterocycles. The molecule has 1 aromatic carbocycles. The number of nitrogens with two attached hydrogens (primary N) is 1. The van der Waals surface area contributed by atoms with Gasteiger partial charge in [-0.2, -0.15) is 0 Å². The fourth-order valence-electron chi connectivity index (χ4n) is 3.24. The summed E-state index contributed by atoms with van der Waals surface area (Å²) in [6, 6.07) is 7.94. The third kappa shape index (κ3) is 3.29. The fraction of sp³-hybridized carbons (Fsp3) is 0.421. The highest BCUT2D eigenvalue weighted by Gasteiger charge is 2.26. The monoisotopic (exact) mass is 345 g/mol. The van der Waals surface area contributed by atoms with Gasteiger partial charge in [0.05, 0.1) is 17.8 Å². The first kappa shape index (κ1) is 16.9.